The summed E-state index contributed by atoms with van der Waals surface area (Å²) in [4.78, 5) is 16.8. The van der Waals surface area contributed by atoms with Crippen LogP contribution in [0.3, 0.4) is 0 Å². The number of hydrogen-bond acceptors (Lipinski definition) is 3. The molecule has 2 nitrogen and oxygen atoms in total. The molecule has 1 unspecified atom stereocenters. The van der Waals surface area contributed by atoms with Gasteiger partial charge in [-0.25, -0.2) is 4.39 Å². The van der Waals surface area contributed by atoms with Crippen molar-refractivity contribution in [2.75, 3.05) is 6.54 Å². The third-order valence-corrected chi connectivity index (χ3v) is 5.72. The summed E-state index contributed by atoms with van der Waals surface area (Å²) in [6, 6.07) is 8.40. The Hall–Kier alpha value is -1.33. The summed E-state index contributed by atoms with van der Waals surface area (Å²) in [6.07, 6.45) is 0.951. The smallest absolute Gasteiger partial charge is 0.236 e. The van der Waals surface area contributed by atoms with E-state index in [2.05, 4.69) is 11.4 Å². The molecule has 1 aromatic carbocycles. The topological polar surface area (TPSA) is 20.3 Å². The Kier molecular flexibility index (Phi) is 4.31. The van der Waals surface area contributed by atoms with E-state index in [0.29, 0.717) is 6.54 Å². The molecular formula is C16H16FNOS2. The lowest BCUT2D eigenvalue weighted by atomic mass is 10.1. The lowest BCUT2D eigenvalue weighted by Crippen LogP contribution is -2.39. The zero-order valence-electron chi connectivity index (χ0n) is 11.7. The predicted octanol–water partition coefficient (Wildman–Crippen LogP) is 3.95. The second kappa shape index (κ2) is 6.20. The van der Waals surface area contributed by atoms with Crippen LogP contribution in [0.5, 0.6) is 0 Å². The van der Waals surface area contributed by atoms with Crippen LogP contribution in [-0.2, 0) is 17.8 Å². The Labute approximate surface area is 132 Å². The van der Waals surface area contributed by atoms with Crippen molar-refractivity contribution in [1.29, 1.82) is 0 Å². The number of carbonyl (C=O) groups is 1. The first-order valence-electron chi connectivity index (χ1n) is 6.90. The molecule has 1 atom stereocenters. The zero-order chi connectivity index (χ0) is 14.8. The molecule has 5 heteroatoms. The van der Waals surface area contributed by atoms with Gasteiger partial charge in [0.1, 0.15) is 5.82 Å². The van der Waals surface area contributed by atoms with Gasteiger partial charge in [-0.1, -0.05) is 0 Å². The van der Waals surface area contributed by atoms with Crippen LogP contribution in [0.2, 0.25) is 0 Å². The monoisotopic (exact) mass is 321 g/mol. The highest BCUT2D eigenvalue weighted by atomic mass is 32.2. The lowest BCUT2D eigenvalue weighted by Gasteiger charge is -2.29. The molecule has 0 aliphatic carbocycles. The van der Waals surface area contributed by atoms with Crippen LogP contribution < -0.4 is 0 Å². The molecule has 1 aliphatic rings. The summed E-state index contributed by atoms with van der Waals surface area (Å²) in [5.74, 6) is -0.0967. The van der Waals surface area contributed by atoms with E-state index in [1.165, 1.54) is 34.3 Å². The Balaban J connectivity index is 1.64. The van der Waals surface area contributed by atoms with Crippen LogP contribution >= 0.6 is 23.1 Å². The molecule has 0 fully saturated rings. The zero-order valence-corrected chi connectivity index (χ0v) is 13.3. The van der Waals surface area contributed by atoms with Crippen LogP contribution in [0.4, 0.5) is 4.39 Å². The Morgan fingerprint density at radius 3 is 2.86 bits per heavy atom. The number of nitrogens with zero attached hydrogens (tertiary/aromatic N) is 1. The van der Waals surface area contributed by atoms with E-state index in [4.69, 9.17) is 0 Å². The van der Waals surface area contributed by atoms with Gasteiger partial charge < -0.3 is 4.90 Å². The molecule has 110 valence electrons. The van der Waals surface area contributed by atoms with Gasteiger partial charge in [0.2, 0.25) is 5.91 Å². The van der Waals surface area contributed by atoms with E-state index >= 15 is 0 Å². The maximum Gasteiger partial charge on any atom is 0.236 e. The fourth-order valence-corrected chi connectivity index (χ4v) is 4.30. The summed E-state index contributed by atoms with van der Waals surface area (Å²) in [5.41, 5.74) is 1.28. The first kappa shape index (κ1) is 14.6. The third-order valence-electron chi connectivity index (χ3n) is 3.59. The summed E-state index contributed by atoms with van der Waals surface area (Å²) in [7, 11) is 0. The van der Waals surface area contributed by atoms with Crippen molar-refractivity contribution < 1.29 is 9.18 Å². The Morgan fingerprint density at radius 2 is 2.10 bits per heavy atom. The highest BCUT2D eigenvalue weighted by Gasteiger charge is 2.25. The number of thiophene rings is 1. The van der Waals surface area contributed by atoms with Crippen molar-refractivity contribution in [2.45, 2.75) is 30.0 Å². The standard InChI is InChI=1S/C16H16FNOS2/c1-11(21-14-4-2-13(17)3-5-14)16(19)18-8-6-15-12(10-18)7-9-20-15/h2-5,7,9,11H,6,8,10H2,1H3. The van der Waals surface area contributed by atoms with Gasteiger partial charge in [-0.3, -0.25) is 4.79 Å². The molecule has 0 radical (unpaired) electrons. The van der Waals surface area contributed by atoms with Gasteiger partial charge in [-0.05, 0) is 54.6 Å². The SMILES string of the molecule is CC(Sc1ccc(F)cc1)C(=O)N1CCc2sccc2C1. The van der Waals surface area contributed by atoms with E-state index in [1.54, 1.807) is 23.5 Å². The first-order valence-corrected chi connectivity index (χ1v) is 8.65. The number of benzene rings is 1. The van der Waals surface area contributed by atoms with Crippen molar-refractivity contribution in [2.24, 2.45) is 0 Å². The van der Waals surface area contributed by atoms with Crippen LogP contribution in [0.15, 0.2) is 40.6 Å². The molecule has 2 aromatic rings. The third kappa shape index (κ3) is 3.30. The Bertz CT molecular complexity index is 638. The summed E-state index contributed by atoms with van der Waals surface area (Å²) < 4.78 is 12.9. The van der Waals surface area contributed by atoms with Crippen molar-refractivity contribution in [3.8, 4) is 0 Å². The normalized spacial score (nSPS) is 15.6. The minimum absolute atomic E-state index is 0.154. The quantitative estimate of drug-likeness (QED) is 0.798. The molecule has 3 rings (SSSR count). The highest BCUT2D eigenvalue weighted by Crippen LogP contribution is 2.28. The summed E-state index contributed by atoms with van der Waals surface area (Å²) in [5, 5.41) is 1.94. The molecule has 0 spiro atoms. The molecule has 0 saturated heterocycles. The largest absolute Gasteiger partial charge is 0.337 e. The molecule has 1 aromatic heterocycles. The van der Waals surface area contributed by atoms with Crippen molar-refractivity contribution in [1.82, 2.24) is 4.90 Å². The number of thioether (sulfide) groups is 1. The van der Waals surface area contributed by atoms with Crippen LogP contribution in [0.25, 0.3) is 0 Å². The molecule has 0 saturated carbocycles. The van der Waals surface area contributed by atoms with Gasteiger partial charge >= 0.3 is 0 Å². The second-order valence-electron chi connectivity index (χ2n) is 5.09. The molecular weight excluding hydrogens is 305 g/mol. The number of halogens is 1. The van der Waals surface area contributed by atoms with Gasteiger partial charge in [0.15, 0.2) is 0 Å². The molecule has 2 heterocycles. The average Bonchev–Trinajstić information content (AvgIpc) is 2.96. The van der Waals surface area contributed by atoms with Gasteiger partial charge in [-0.2, -0.15) is 0 Å². The number of fused-ring (bicyclic) bond motifs is 1. The number of rotatable bonds is 3. The molecule has 1 amide bonds. The fraction of sp³-hybridized carbons (Fsp3) is 0.312. The molecule has 21 heavy (non-hydrogen) atoms. The average molecular weight is 321 g/mol. The van der Waals surface area contributed by atoms with Gasteiger partial charge in [-0.15, -0.1) is 23.1 Å². The molecule has 0 bridgehead atoms. The number of hydrogen-bond donors (Lipinski definition) is 0. The fourth-order valence-electron chi connectivity index (χ4n) is 2.46. The van der Waals surface area contributed by atoms with Crippen LogP contribution in [-0.4, -0.2) is 22.6 Å². The van der Waals surface area contributed by atoms with E-state index in [9.17, 15) is 9.18 Å². The summed E-state index contributed by atoms with van der Waals surface area (Å²) in [6.45, 7) is 3.42. The van der Waals surface area contributed by atoms with Gasteiger partial charge in [0.05, 0.1) is 5.25 Å². The lowest BCUT2D eigenvalue weighted by molar-refractivity contribution is -0.131. The van der Waals surface area contributed by atoms with Crippen LogP contribution in [0.1, 0.15) is 17.4 Å². The summed E-state index contributed by atoms with van der Waals surface area (Å²) >= 11 is 3.25. The van der Waals surface area contributed by atoms with Crippen molar-refractivity contribution >= 4 is 29.0 Å². The number of amides is 1. The first-order chi connectivity index (χ1) is 10.1. The van der Waals surface area contributed by atoms with Crippen molar-refractivity contribution in [3.63, 3.8) is 0 Å². The maximum absolute atomic E-state index is 12.9. The molecule has 0 N–H and O–H groups in total. The Morgan fingerprint density at radius 1 is 1.33 bits per heavy atom. The van der Waals surface area contributed by atoms with E-state index in [-0.39, 0.29) is 17.0 Å². The molecule has 1 aliphatic heterocycles. The maximum atomic E-state index is 12.9. The van der Waals surface area contributed by atoms with E-state index in [1.807, 2.05) is 11.8 Å². The minimum Gasteiger partial charge on any atom is -0.337 e. The second-order valence-corrected chi connectivity index (χ2v) is 7.51. The van der Waals surface area contributed by atoms with Gasteiger partial charge in [0.25, 0.3) is 0 Å². The van der Waals surface area contributed by atoms with E-state index in [0.717, 1.165) is 17.9 Å². The van der Waals surface area contributed by atoms with Crippen molar-refractivity contribution in [3.05, 3.63) is 52.0 Å². The van der Waals surface area contributed by atoms with E-state index < -0.39 is 0 Å². The van der Waals surface area contributed by atoms with Crippen LogP contribution in [0, 0.1) is 5.82 Å². The van der Waals surface area contributed by atoms with Gasteiger partial charge in [0, 0.05) is 22.9 Å². The minimum atomic E-state index is -0.251. The highest BCUT2D eigenvalue weighted by molar-refractivity contribution is 8.00. The predicted molar refractivity (Wildman–Crippen MR) is 85.2 cm³/mol. The number of carbonyl (C=O) groups excluding carboxylic acids is 1.